The zero-order chi connectivity index (χ0) is 12.8. The summed E-state index contributed by atoms with van der Waals surface area (Å²) in [5.41, 5.74) is 5.11. The number of nitrogens with one attached hydrogen (secondary N) is 1. The third kappa shape index (κ3) is 3.70. The molecule has 0 atom stereocenters. The lowest BCUT2D eigenvalue weighted by molar-refractivity contribution is -0.117. The molecule has 2 rings (SSSR count). The molecule has 3 N–H and O–H groups in total. The maximum Gasteiger partial charge on any atom is 0.218 e. The van der Waals surface area contributed by atoms with Crippen LogP contribution in [0.4, 0.5) is 5.82 Å². The van der Waals surface area contributed by atoms with Crippen LogP contribution in [0.25, 0.3) is 0 Å². The predicted octanol–water partition coefficient (Wildman–Crippen LogP) is 0.515. The first-order valence-electron chi connectivity index (χ1n) is 6.43. The minimum atomic E-state index is -0.242. The van der Waals surface area contributed by atoms with E-state index in [0.29, 0.717) is 19.0 Å². The molecule has 5 nitrogen and oxygen atoms in total. The number of nitrogens with zero attached hydrogens (tertiary/aromatic N) is 2. The van der Waals surface area contributed by atoms with Gasteiger partial charge < -0.3 is 16.0 Å². The molecule has 0 aromatic carbocycles. The highest BCUT2D eigenvalue weighted by atomic mass is 16.1. The Kier molecular flexibility index (Phi) is 4.52. The van der Waals surface area contributed by atoms with E-state index in [2.05, 4.69) is 15.2 Å². The van der Waals surface area contributed by atoms with Crippen LogP contribution >= 0.6 is 0 Å². The van der Waals surface area contributed by atoms with E-state index in [9.17, 15) is 4.79 Å². The molecular formula is C13H20N4O. The van der Waals surface area contributed by atoms with Gasteiger partial charge in [-0.2, -0.15) is 0 Å². The monoisotopic (exact) mass is 248 g/mol. The Balaban J connectivity index is 1.73. The van der Waals surface area contributed by atoms with Gasteiger partial charge >= 0.3 is 0 Å². The summed E-state index contributed by atoms with van der Waals surface area (Å²) in [7, 11) is 0. The summed E-state index contributed by atoms with van der Waals surface area (Å²) in [6.45, 7) is 2.69. The van der Waals surface area contributed by atoms with Gasteiger partial charge in [-0.3, -0.25) is 4.79 Å². The first-order valence-corrected chi connectivity index (χ1v) is 6.43. The molecule has 18 heavy (non-hydrogen) atoms. The first kappa shape index (κ1) is 12.8. The highest BCUT2D eigenvalue weighted by Crippen LogP contribution is 2.16. The molecule has 0 saturated carbocycles. The van der Waals surface area contributed by atoms with Gasteiger partial charge in [0, 0.05) is 38.3 Å². The van der Waals surface area contributed by atoms with Crippen molar-refractivity contribution in [3.05, 3.63) is 24.4 Å². The largest absolute Gasteiger partial charge is 0.370 e. The zero-order valence-corrected chi connectivity index (χ0v) is 10.5. The number of pyridine rings is 1. The molecular weight excluding hydrogens is 228 g/mol. The topological polar surface area (TPSA) is 71.2 Å². The van der Waals surface area contributed by atoms with E-state index in [1.165, 1.54) is 0 Å². The van der Waals surface area contributed by atoms with Crippen LogP contribution in [-0.4, -0.2) is 36.6 Å². The van der Waals surface area contributed by atoms with Crippen LogP contribution in [0, 0.1) is 0 Å². The summed E-state index contributed by atoms with van der Waals surface area (Å²) < 4.78 is 0. The van der Waals surface area contributed by atoms with E-state index >= 15 is 0 Å². The van der Waals surface area contributed by atoms with Gasteiger partial charge in [0.1, 0.15) is 5.82 Å². The second kappa shape index (κ2) is 6.35. The highest BCUT2D eigenvalue weighted by Gasteiger charge is 2.19. The minimum absolute atomic E-state index is 0.242. The number of nitrogens with two attached hydrogens (primary N) is 1. The number of aromatic nitrogens is 1. The number of hydrogen-bond donors (Lipinski definition) is 2. The van der Waals surface area contributed by atoms with Gasteiger partial charge in [-0.05, 0) is 25.0 Å². The molecule has 1 aliphatic heterocycles. The Labute approximate surface area is 107 Å². The molecule has 98 valence electrons. The average molecular weight is 248 g/mol. The van der Waals surface area contributed by atoms with Crippen molar-refractivity contribution in [3.8, 4) is 0 Å². The Bertz CT molecular complexity index is 374. The number of carbonyl (C=O) groups excluding carboxylic acids is 1. The van der Waals surface area contributed by atoms with Crippen LogP contribution in [0.2, 0.25) is 0 Å². The average Bonchev–Trinajstić information content (AvgIpc) is 2.40. The van der Waals surface area contributed by atoms with Gasteiger partial charge in [0.05, 0.1) is 0 Å². The Morgan fingerprint density at radius 1 is 1.44 bits per heavy atom. The molecule has 1 saturated heterocycles. The summed E-state index contributed by atoms with van der Waals surface area (Å²) in [5, 5.41) is 3.38. The Hall–Kier alpha value is -1.62. The van der Waals surface area contributed by atoms with Crippen molar-refractivity contribution in [2.45, 2.75) is 25.3 Å². The van der Waals surface area contributed by atoms with Crippen molar-refractivity contribution >= 4 is 11.7 Å². The van der Waals surface area contributed by atoms with Crippen molar-refractivity contribution in [1.82, 2.24) is 10.3 Å². The van der Waals surface area contributed by atoms with Crippen molar-refractivity contribution < 1.29 is 4.79 Å². The fraction of sp³-hybridized carbons (Fsp3) is 0.538. The van der Waals surface area contributed by atoms with E-state index in [0.717, 1.165) is 31.7 Å². The third-order valence-corrected chi connectivity index (χ3v) is 3.27. The van der Waals surface area contributed by atoms with Gasteiger partial charge in [-0.1, -0.05) is 6.07 Å². The fourth-order valence-corrected chi connectivity index (χ4v) is 2.25. The molecule has 0 aliphatic carbocycles. The summed E-state index contributed by atoms with van der Waals surface area (Å²) in [4.78, 5) is 17.3. The smallest absolute Gasteiger partial charge is 0.218 e. The van der Waals surface area contributed by atoms with Gasteiger partial charge in [0.25, 0.3) is 0 Å². The Morgan fingerprint density at radius 3 is 2.83 bits per heavy atom. The maximum atomic E-state index is 10.6. The second-order valence-electron chi connectivity index (χ2n) is 4.62. The van der Waals surface area contributed by atoms with Gasteiger partial charge in [-0.15, -0.1) is 0 Å². The van der Waals surface area contributed by atoms with Crippen molar-refractivity contribution in [2.24, 2.45) is 5.73 Å². The first-order chi connectivity index (χ1) is 8.75. The molecule has 1 aliphatic rings. The van der Waals surface area contributed by atoms with E-state index < -0.39 is 0 Å². The maximum absolute atomic E-state index is 10.6. The standard InChI is InChI=1S/C13H20N4O/c14-12(18)4-8-15-11-5-9-17(10-6-11)13-3-1-2-7-16-13/h1-3,7,11,15H,4-6,8-10H2,(H2,14,18). The number of hydrogen-bond acceptors (Lipinski definition) is 4. The molecule has 0 unspecified atom stereocenters. The summed E-state index contributed by atoms with van der Waals surface area (Å²) in [5.74, 6) is 0.807. The molecule has 1 aromatic heterocycles. The predicted molar refractivity (Wildman–Crippen MR) is 71.3 cm³/mol. The van der Waals surface area contributed by atoms with Crippen molar-refractivity contribution in [1.29, 1.82) is 0 Å². The van der Waals surface area contributed by atoms with Gasteiger partial charge in [0.15, 0.2) is 0 Å². The second-order valence-corrected chi connectivity index (χ2v) is 4.62. The molecule has 0 spiro atoms. The molecule has 0 radical (unpaired) electrons. The normalized spacial score (nSPS) is 16.8. The van der Waals surface area contributed by atoms with E-state index in [1.54, 1.807) is 0 Å². The lowest BCUT2D eigenvalue weighted by Gasteiger charge is -2.33. The fourth-order valence-electron chi connectivity index (χ4n) is 2.25. The van der Waals surface area contributed by atoms with E-state index in [1.807, 2.05) is 24.4 Å². The summed E-state index contributed by atoms with van der Waals surface area (Å²) >= 11 is 0. The molecule has 1 aromatic rings. The third-order valence-electron chi connectivity index (χ3n) is 3.27. The molecule has 1 amide bonds. The number of primary amides is 1. The number of rotatable bonds is 5. The number of piperidine rings is 1. The van der Waals surface area contributed by atoms with Crippen LogP contribution in [0.1, 0.15) is 19.3 Å². The lowest BCUT2D eigenvalue weighted by atomic mass is 10.0. The molecule has 0 bridgehead atoms. The molecule has 5 heteroatoms. The summed E-state index contributed by atoms with van der Waals surface area (Å²) in [6.07, 6.45) is 4.40. The van der Waals surface area contributed by atoms with Crippen molar-refractivity contribution in [3.63, 3.8) is 0 Å². The molecule has 1 fully saturated rings. The van der Waals surface area contributed by atoms with Crippen molar-refractivity contribution in [2.75, 3.05) is 24.5 Å². The van der Waals surface area contributed by atoms with Gasteiger partial charge in [0.2, 0.25) is 5.91 Å². The Morgan fingerprint density at radius 2 is 2.22 bits per heavy atom. The zero-order valence-electron chi connectivity index (χ0n) is 10.5. The van der Waals surface area contributed by atoms with Crippen LogP contribution in [0.15, 0.2) is 24.4 Å². The van der Waals surface area contributed by atoms with E-state index in [-0.39, 0.29) is 5.91 Å². The minimum Gasteiger partial charge on any atom is -0.370 e. The van der Waals surface area contributed by atoms with Crippen LogP contribution in [0.3, 0.4) is 0 Å². The lowest BCUT2D eigenvalue weighted by Crippen LogP contribution is -2.43. The quantitative estimate of drug-likeness (QED) is 0.796. The van der Waals surface area contributed by atoms with Crippen LogP contribution < -0.4 is 16.0 Å². The van der Waals surface area contributed by atoms with E-state index in [4.69, 9.17) is 5.73 Å². The van der Waals surface area contributed by atoms with Crippen LogP contribution in [-0.2, 0) is 4.79 Å². The number of anilines is 1. The number of amides is 1. The summed E-state index contributed by atoms with van der Waals surface area (Å²) in [6, 6.07) is 6.48. The SMILES string of the molecule is NC(=O)CCNC1CCN(c2ccccn2)CC1. The number of carbonyl (C=O) groups is 1. The van der Waals surface area contributed by atoms with Crippen LogP contribution in [0.5, 0.6) is 0 Å². The van der Waals surface area contributed by atoms with Gasteiger partial charge in [-0.25, -0.2) is 4.98 Å². The highest BCUT2D eigenvalue weighted by molar-refractivity contribution is 5.73. The molecule has 2 heterocycles.